The summed E-state index contributed by atoms with van der Waals surface area (Å²) in [5.74, 6) is 1.14. The Kier molecular flexibility index (Phi) is 3.52. The zero-order valence-corrected chi connectivity index (χ0v) is 10.3. The van der Waals surface area contributed by atoms with Crippen molar-refractivity contribution in [1.29, 1.82) is 0 Å². The van der Waals surface area contributed by atoms with Gasteiger partial charge in [-0.1, -0.05) is 19.8 Å². The minimum absolute atomic E-state index is 0.145. The number of hydrogen-bond donors (Lipinski definition) is 3. The van der Waals surface area contributed by atoms with E-state index < -0.39 is 0 Å². The van der Waals surface area contributed by atoms with Crippen molar-refractivity contribution in [2.45, 2.75) is 38.1 Å². The number of anilines is 2. The van der Waals surface area contributed by atoms with Crippen LogP contribution in [0.3, 0.4) is 0 Å². The number of pyridine rings is 1. The van der Waals surface area contributed by atoms with Gasteiger partial charge in [0, 0.05) is 6.20 Å². The second-order valence-electron chi connectivity index (χ2n) is 5.20. The Morgan fingerprint density at radius 1 is 1.65 bits per heavy atom. The van der Waals surface area contributed by atoms with Crippen LogP contribution in [0.1, 0.15) is 32.6 Å². The monoisotopic (exact) mass is 235 g/mol. The van der Waals surface area contributed by atoms with Gasteiger partial charge in [-0.25, -0.2) is 4.98 Å². The highest BCUT2D eigenvalue weighted by atomic mass is 16.3. The van der Waals surface area contributed by atoms with Gasteiger partial charge in [0.2, 0.25) is 0 Å². The number of rotatable bonds is 3. The van der Waals surface area contributed by atoms with Crippen molar-refractivity contribution in [3.8, 4) is 0 Å². The van der Waals surface area contributed by atoms with Crippen molar-refractivity contribution in [2.75, 3.05) is 17.7 Å². The van der Waals surface area contributed by atoms with Crippen molar-refractivity contribution in [3.63, 3.8) is 0 Å². The summed E-state index contributed by atoms with van der Waals surface area (Å²) in [6, 6.07) is 3.77. The first-order chi connectivity index (χ1) is 8.15. The highest BCUT2D eigenvalue weighted by Crippen LogP contribution is 2.35. The van der Waals surface area contributed by atoms with Gasteiger partial charge in [0.1, 0.15) is 5.82 Å². The number of aromatic nitrogens is 1. The van der Waals surface area contributed by atoms with Gasteiger partial charge >= 0.3 is 0 Å². The molecule has 0 saturated heterocycles. The van der Waals surface area contributed by atoms with Gasteiger partial charge in [0.05, 0.1) is 17.8 Å². The fourth-order valence-corrected chi connectivity index (χ4v) is 2.77. The predicted octanol–water partition coefficient (Wildman–Crippen LogP) is 2.02. The van der Waals surface area contributed by atoms with E-state index in [0.29, 0.717) is 11.7 Å². The van der Waals surface area contributed by atoms with E-state index in [1.54, 1.807) is 6.20 Å². The van der Waals surface area contributed by atoms with Gasteiger partial charge in [-0.15, -0.1) is 0 Å². The van der Waals surface area contributed by atoms with Crippen LogP contribution in [0.25, 0.3) is 0 Å². The van der Waals surface area contributed by atoms with Gasteiger partial charge in [-0.05, 0) is 30.9 Å². The summed E-state index contributed by atoms with van der Waals surface area (Å²) >= 11 is 0. The molecule has 2 atom stereocenters. The van der Waals surface area contributed by atoms with E-state index in [1.165, 1.54) is 6.42 Å². The van der Waals surface area contributed by atoms with E-state index in [0.717, 1.165) is 24.9 Å². The van der Waals surface area contributed by atoms with Gasteiger partial charge < -0.3 is 16.2 Å². The minimum Gasteiger partial charge on any atom is -0.394 e. The topological polar surface area (TPSA) is 71.2 Å². The molecule has 4 nitrogen and oxygen atoms in total. The van der Waals surface area contributed by atoms with Crippen molar-refractivity contribution in [1.82, 2.24) is 4.98 Å². The lowest BCUT2D eigenvalue weighted by atomic mass is 9.76. The number of aliphatic hydroxyl groups is 1. The van der Waals surface area contributed by atoms with Crippen LogP contribution >= 0.6 is 0 Å². The van der Waals surface area contributed by atoms with Gasteiger partial charge in [-0.2, -0.15) is 0 Å². The standard InChI is InChI=1S/C13H21N3O/c1-10-4-2-6-13(8-10,9-17)16-11-5-3-7-15-12(11)14/h3,5,7,10,16-17H,2,4,6,8-9H2,1H3,(H2,14,15). The van der Waals surface area contributed by atoms with Gasteiger partial charge in [0.15, 0.2) is 0 Å². The van der Waals surface area contributed by atoms with Crippen LogP contribution in [0, 0.1) is 5.92 Å². The molecule has 94 valence electrons. The number of nitrogen functional groups attached to an aromatic ring is 1. The predicted molar refractivity (Wildman–Crippen MR) is 69.7 cm³/mol. The lowest BCUT2D eigenvalue weighted by molar-refractivity contribution is 0.149. The Hall–Kier alpha value is -1.29. The zero-order chi connectivity index (χ0) is 12.3. The summed E-state index contributed by atoms with van der Waals surface area (Å²) in [5.41, 5.74) is 6.43. The largest absolute Gasteiger partial charge is 0.394 e. The second kappa shape index (κ2) is 4.92. The van der Waals surface area contributed by atoms with E-state index in [9.17, 15) is 5.11 Å². The quantitative estimate of drug-likeness (QED) is 0.749. The van der Waals surface area contributed by atoms with E-state index in [1.807, 2.05) is 12.1 Å². The van der Waals surface area contributed by atoms with Crippen molar-refractivity contribution >= 4 is 11.5 Å². The van der Waals surface area contributed by atoms with Crippen LogP contribution in [0.2, 0.25) is 0 Å². The number of nitrogens with zero attached hydrogens (tertiary/aromatic N) is 1. The van der Waals surface area contributed by atoms with Crippen LogP contribution in [0.4, 0.5) is 11.5 Å². The molecule has 0 spiro atoms. The number of hydrogen-bond acceptors (Lipinski definition) is 4. The Morgan fingerprint density at radius 2 is 2.47 bits per heavy atom. The number of aliphatic hydroxyl groups excluding tert-OH is 1. The van der Waals surface area contributed by atoms with Crippen LogP contribution in [-0.4, -0.2) is 22.2 Å². The maximum absolute atomic E-state index is 9.69. The van der Waals surface area contributed by atoms with Crippen molar-refractivity contribution in [2.24, 2.45) is 5.92 Å². The number of nitrogens with one attached hydrogen (secondary N) is 1. The normalized spacial score (nSPS) is 28.9. The summed E-state index contributed by atoms with van der Waals surface area (Å²) < 4.78 is 0. The van der Waals surface area contributed by atoms with E-state index in [-0.39, 0.29) is 12.1 Å². The molecule has 0 radical (unpaired) electrons. The Balaban J connectivity index is 2.17. The average Bonchev–Trinajstić information content (AvgIpc) is 2.32. The summed E-state index contributed by atoms with van der Waals surface area (Å²) in [6.45, 7) is 2.38. The van der Waals surface area contributed by atoms with Crippen LogP contribution < -0.4 is 11.1 Å². The lowest BCUT2D eigenvalue weighted by Crippen LogP contribution is -2.46. The number of nitrogens with two attached hydrogens (primary N) is 1. The highest BCUT2D eigenvalue weighted by Gasteiger charge is 2.34. The van der Waals surface area contributed by atoms with Crippen molar-refractivity contribution in [3.05, 3.63) is 18.3 Å². The second-order valence-corrected chi connectivity index (χ2v) is 5.20. The molecule has 0 aliphatic heterocycles. The maximum atomic E-state index is 9.69. The SMILES string of the molecule is CC1CCCC(CO)(Nc2cccnc2N)C1. The molecule has 17 heavy (non-hydrogen) atoms. The molecule has 1 aromatic rings. The molecule has 4 heteroatoms. The smallest absolute Gasteiger partial charge is 0.146 e. The van der Waals surface area contributed by atoms with E-state index in [4.69, 9.17) is 5.73 Å². The van der Waals surface area contributed by atoms with E-state index >= 15 is 0 Å². The highest BCUT2D eigenvalue weighted by molar-refractivity contribution is 5.62. The lowest BCUT2D eigenvalue weighted by Gasteiger charge is -2.40. The molecular formula is C13H21N3O. The third kappa shape index (κ3) is 2.69. The Morgan fingerprint density at radius 3 is 3.12 bits per heavy atom. The Bertz CT molecular complexity index is 383. The Labute approximate surface area is 102 Å². The summed E-state index contributed by atoms with van der Waals surface area (Å²) in [7, 11) is 0. The zero-order valence-electron chi connectivity index (χ0n) is 10.3. The average molecular weight is 235 g/mol. The van der Waals surface area contributed by atoms with E-state index in [2.05, 4.69) is 17.2 Å². The molecule has 0 aromatic carbocycles. The molecule has 1 saturated carbocycles. The molecule has 0 bridgehead atoms. The molecule has 4 N–H and O–H groups in total. The molecule has 1 heterocycles. The molecule has 1 aliphatic rings. The molecule has 1 fully saturated rings. The summed E-state index contributed by atoms with van der Waals surface area (Å²) in [5, 5.41) is 13.1. The molecule has 2 rings (SSSR count). The van der Waals surface area contributed by atoms with Crippen molar-refractivity contribution < 1.29 is 5.11 Å². The first-order valence-electron chi connectivity index (χ1n) is 6.25. The van der Waals surface area contributed by atoms with Gasteiger partial charge in [-0.3, -0.25) is 0 Å². The third-order valence-electron chi connectivity index (χ3n) is 3.63. The molecule has 1 aliphatic carbocycles. The molecule has 1 aromatic heterocycles. The van der Waals surface area contributed by atoms with Crippen LogP contribution in [-0.2, 0) is 0 Å². The first-order valence-corrected chi connectivity index (χ1v) is 6.25. The fraction of sp³-hybridized carbons (Fsp3) is 0.615. The molecule has 0 amide bonds. The fourth-order valence-electron chi connectivity index (χ4n) is 2.77. The molecular weight excluding hydrogens is 214 g/mol. The van der Waals surface area contributed by atoms with Crippen LogP contribution in [0.5, 0.6) is 0 Å². The van der Waals surface area contributed by atoms with Crippen LogP contribution in [0.15, 0.2) is 18.3 Å². The first kappa shape index (κ1) is 12.2. The minimum atomic E-state index is -0.227. The maximum Gasteiger partial charge on any atom is 0.146 e. The third-order valence-corrected chi connectivity index (χ3v) is 3.63. The summed E-state index contributed by atoms with van der Waals surface area (Å²) in [6.07, 6.45) is 6.04. The molecule has 2 unspecified atom stereocenters. The van der Waals surface area contributed by atoms with Gasteiger partial charge in [0.25, 0.3) is 0 Å². The summed E-state index contributed by atoms with van der Waals surface area (Å²) in [4.78, 5) is 4.06.